The van der Waals surface area contributed by atoms with Crippen LogP contribution < -0.4 is 4.90 Å². The quantitative estimate of drug-likeness (QED) is 0.888. The van der Waals surface area contributed by atoms with Gasteiger partial charge >= 0.3 is 0 Å². The molecule has 0 unspecified atom stereocenters. The Bertz CT molecular complexity index is 715. The summed E-state index contributed by atoms with van der Waals surface area (Å²) in [6.07, 6.45) is 5.82. The number of nitrogens with zero attached hydrogens (tertiary/aromatic N) is 1. The van der Waals surface area contributed by atoms with Crippen LogP contribution in [0.4, 0.5) is 0 Å². The molecule has 2 aromatic carbocycles. The molecular weight excluding hydrogens is 332 g/mol. The van der Waals surface area contributed by atoms with Gasteiger partial charge in [0.15, 0.2) is 0 Å². The third kappa shape index (κ3) is 4.59. The fraction of sp³-hybridized carbons (Fsp3) is 0.458. The van der Waals surface area contributed by atoms with Crippen LogP contribution in [-0.2, 0) is 11.2 Å². The third-order valence-corrected chi connectivity index (χ3v) is 6.53. The van der Waals surface area contributed by atoms with E-state index in [0.29, 0.717) is 6.42 Å². The molecule has 0 atom stereocenters. The van der Waals surface area contributed by atoms with Crippen molar-refractivity contribution in [2.45, 2.75) is 44.1 Å². The van der Waals surface area contributed by atoms with Crippen LogP contribution in [0.2, 0.25) is 0 Å². The molecule has 4 rings (SSSR count). The van der Waals surface area contributed by atoms with E-state index in [1.54, 1.807) is 4.90 Å². The average molecular weight is 364 g/mol. The summed E-state index contributed by atoms with van der Waals surface area (Å²) >= 11 is 0. The standard InChI is InChI=1S/C24H30N2O/c27-24(19-20-7-3-1-4-8-20)26-17-15-25(16-18-26)23-13-11-22(12-14-23)21-9-5-2-6-10-21/h1-10,22-23H,11-19H2/p+1. The maximum absolute atomic E-state index is 12.6. The summed E-state index contributed by atoms with van der Waals surface area (Å²) in [6.45, 7) is 4.06. The van der Waals surface area contributed by atoms with Crippen molar-refractivity contribution in [3.8, 4) is 0 Å². The monoisotopic (exact) mass is 363 g/mol. The first kappa shape index (κ1) is 18.2. The first-order chi connectivity index (χ1) is 13.3. The van der Waals surface area contributed by atoms with E-state index in [-0.39, 0.29) is 5.91 Å². The lowest BCUT2D eigenvalue weighted by molar-refractivity contribution is -0.930. The lowest BCUT2D eigenvalue weighted by atomic mass is 9.81. The summed E-state index contributed by atoms with van der Waals surface area (Å²) in [5.41, 5.74) is 2.64. The van der Waals surface area contributed by atoms with Crippen molar-refractivity contribution in [1.82, 2.24) is 4.90 Å². The lowest BCUT2D eigenvalue weighted by Gasteiger charge is -2.39. The molecule has 0 spiro atoms. The Hall–Kier alpha value is -2.13. The van der Waals surface area contributed by atoms with Gasteiger partial charge in [0.05, 0.1) is 38.6 Å². The van der Waals surface area contributed by atoms with Gasteiger partial charge in [-0.3, -0.25) is 4.79 Å². The van der Waals surface area contributed by atoms with Crippen molar-refractivity contribution in [1.29, 1.82) is 0 Å². The van der Waals surface area contributed by atoms with Crippen LogP contribution in [0.5, 0.6) is 0 Å². The SMILES string of the molecule is O=C(Cc1ccccc1)N1CC[NH+](C2CCC(c3ccccc3)CC2)CC1. The summed E-state index contributed by atoms with van der Waals surface area (Å²) in [5, 5.41) is 0. The number of hydrogen-bond donors (Lipinski definition) is 1. The highest BCUT2D eigenvalue weighted by atomic mass is 16.2. The molecule has 3 heteroatoms. The molecule has 1 N–H and O–H groups in total. The molecule has 1 aliphatic heterocycles. The summed E-state index contributed by atoms with van der Waals surface area (Å²) < 4.78 is 0. The van der Waals surface area contributed by atoms with Crippen LogP contribution in [0.3, 0.4) is 0 Å². The zero-order valence-corrected chi connectivity index (χ0v) is 16.1. The van der Waals surface area contributed by atoms with Gasteiger partial charge in [-0.05, 0) is 42.7 Å². The van der Waals surface area contributed by atoms with Crippen molar-refractivity contribution in [2.24, 2.45) is 0 Å². The number of benzene rings is 2. The Labute approximate surface area is 163 Å². The Morgan fingerprint density at radius 1 is 0.852 bits per heavy atom. The van der Waals surface area contributed by atoms with Crippen LogP contribution in [-0.4, -0.2) is 43.0 Å². The smallest absolute Gasteiger partial charge is 0.227 e. The number of rotatable bonds is 4. The predicted octanol–water partition coefficient (Wildman–Crippen LogP) is 2.68. The molecule has 1 saturated heterocycles. The van der Waals surface area contributed by atoms with E-state index in [1.165, 1.54) is 31.2 Å². The summed E-state index contributed by atoms with van der Waals surface area (Å²) in [4.78, 5) is 16.4. The molecular formula is C24H31N2O+. The van der Waals surface area contributed by atoms with Gasteiger partial charge < -0.3 is 9.80 Å². The zero-order valence-electron chi connectivity index (χ0n) is 16.1. The van der Waals surface area contributed by atoms with Crippen molar-refractivity contribution in [2.75, 3.05) is 26.2 Å². The van der Waals surface area contributed by atoms with Crippen LogP contribution in [0.15, 0.2) is 60.7 Å². The molecule has 27 heavy (non-hydrogen) atoms. The minimum Gasteiger partial charge on any atom is -0.331 e. The molecule has 3 nitrogen and oxygen atoms in total. The minimum absolute atomic E-state index is 0.285. The summed E-state index contributed by atoms with van der Waals surface area (Å²) in [7, 11) is 0. The molecule has 1 heterocycles. The van der Waals surface area contributed by atoms with Crippen LogP contribution >= 0.6 is 0 Å². The molecule has 0 aromatic heterocycles. The molecule has 1 saturated carbocycles. The second-order valence-corrected chi connectivity index (χ2v) is 8.16. The molecule has 0 bridgehead atoms. The average Bonchev–Trinajstić information content (AvgIpc) is 2.75. The van der Waals surface area contributed by atoms with Crippen molar-refractivity contribution in [3.63, 3.8) is 0 Å². The summed E-state index contributed by atoms with van der Waals surface area (Å²) in [5.74, 6) is 1.03. The van der Waals surface area contributed by atoms with Crippen LogP contribution in [0, 0.1) is 0 Å². The Kier molecular flexibility index (Phi) is 5.88. The first-order valence-corrected chi connectivity index (χ1v) is 10.5. The lowest BCUT2D eigenvalue weighted by Crippen LogP contribution is -3.18. The summed E-state index contributed by atoms with van der Waals surface area (Å²) in [6, 6.07) is 21.9. The number of amides is 1. The van der Waals surface area contributed by atoms with Gasteiger partial charge in [0, 0.05) is 0 Å². The van der Waals surface area contributed by atoms with E-state index in [4.69, 9.17) is 0 Å². The van der Waals surface area contributed by atoms with Crippen molar-refractivity contribution in [3.05, 3.63) is 71.8 Å². The number of quaternary nitrogens is 1. The van der Waals surface area contributed by atoms with Crippen molar-refractivity contribution < 1.29 is 9.69 Å². The zero-order chi connectivity index (χ0) is 18.5. The van der Waals surface area contributed by atoms with Crippen LogP contribution in [0.1, 0.15) is 42.7 Å². The normalized spacial score (nSPS) is 23.9. The van der Waals surface area contributed by atoms with Gasteiger partial charge in [0.1, 0.15) is 0 Å². The number of carbonyl (C=O) groups excluding carboxylic acids is 1. The Morgan fingerprint density at radius 3 is 2.07 bits per heavy atom. The highest BCUT2D eigenvalue weighted by Crippen LogP contribution is 2.31. The molecule has 142 valence electrons. The second kappa shape index (κ2) is 8.71. The van der Waals surface area contributed by atoms with E-state index >= 15 is 0 Å². The molecule has 2 aromatic rings. The van der Waals surface area contributed by atoms with E-state index in [9.17, 15) is 4.79 Å². The molecule has 0 radical (unpaired) electrons. The molecule has 2 fully saturated rings. The van der Waals surface area contributed by atoms with Gasteiger partial charge in [0.2, 0.25) is 5.91 Å². The number of hydrogen-bond acceptors (Lipinski definition) is 1. The fourth-order valence-corrected chi connectivity index (χ4v) is 4.89. The highest BCUT2D eigenvalue weighted by Gasteiger charge is 2.32. The maximum atomic E-state index is 12.6. The van der Waals surface area contributed by atoms with Gasteiger partial charge in [-0.1, -0.05) is 60.7 Å². The first-order valence-electron chi connectivity index (χ1n) is 10.5. The largest absolute Gasteiger partial charge is 0.331 e. The van der Waals surface area contributed by atoms with E-state index in [0.717, 1.165) is 43.7 Å². The van der Waals surface area contributed by atoms with Crippen molar-refractivity contribution >= 4 is 5.91 Å². The third-order valence-electron chi connectivity index (χ3n) is 6.53. The van der Waals surface area contributed by atoms with E-state index in [2.05, 4.69) is 35.2 Å². The van der Waals surface area contributed by atoms with Crippen LogP contribution in [0.25, 0.3) is 0 Å². The minimum atomic E-state index is 0.285. The van der Waals surface area contributed by atoms with E-state index < -0.39 is 0 Å². The number of nitrogens with one attached hydrogen (secondary N) is 1. The Balaban J connectivity index is 1.23. The van der Waals surface area contributed by atoms with Gasteiger partial charge in [-0.15, -0.1) is 0 Å². The topological polar surface area (TPSA) is 24.8 Å². The van der Waals surface area contributed by atoms with Gasteiger partial charge in [0.25, 0.3) is 0 Å². The van der Waals surface area contributed by atoms with Gasteiger partial charge in [-0.25, -0.2) is 0 Å². The highest BCUT2D eigenvalue weighted by molar-refractivity contribution is 5.78. The fourth-order valence-electron chi connectivity index (χ4n) is 4.89. The maximum Gasteiger partial charge on any atom is 0.227 e. The molecule has 2 aliphatic rings. The predicted molar refractivity (Wildman–Crippen MR) is 109 cm³/mol. The van der Waals surface area contributed by atoms with Gasteiger partial charge in [-0.2, -0.15) is 0 Å². The number of piperazine rings is 1. The second-order valence-electron chi connectivity index (χ2n) is 8.16. The Morgan fingerprint density at radius 2 is 1.44 bits per heavy atom. The molecule has 1 aliphatic carbocycles. The van der Waals surface area contributed by atoms with E-state index in [1.807, 2.05) is 30.3 Å². The molecule has 1 amide bonds. The number of carbonyl (C=O) groups is 1.